The van der Waals surface area contributed by atoms with Gasteiger partial charge in [0.1, 0.15) is 5.70 Å². The zero-order valence-corrected chi connectivity index (χ0v) is 16.0. The summed E-state index contributed by atoms with van der Waals surface area (Å²) < 4.78 is 23.5. The van der Waals surface area contributed by atoms with Crippen molar-refractivity contribution in [2.75, 3.05) is 13.1 Å². The van der Waals surface area contributed by atoms with Gasteiger partial charge in [0, 0.05) is 46.5 Å². The average Bonchev–Trinajstić information content (AvgIpc) is 3.08. The molecule has 146 valence electrons. The summed E-state index contributed by atoms with van der Waals surface area (Å²) in [5.41, 5.74) is 0.0247. The van der Waals surface area contributed by atoms with E-state index in [1.807, 2.05) is 6.92 Å². The summed E-state index contributed by atoms with van der Waals surface area (Å²) >= 11 is -0.870. The van der Waals surface area contributed by atoms with Gasteiger partial charge in [0.25, 0.3) is 0 Å². The molecule has 2 saturated heterocycles. The predicted molar refractivity (Wildman–Crippen MR) is 94.3 cm³/mol. The van der Waals surface area contributed by atoms with Crippen molar-refractivity contribution in [2.45, 2.75) is 43.7 Å². The largest absolute Gasteiger partial charge is 0.760 e. The topological polar surface area (TPSA) is 142 Å². The highest BCUT2D eigenvalue weighted by Gasteiger charge is 2.60. The van der Waals surface area contributed by atoms with E-state index in [-0.39, 0.29) is 41.4 Å². The van der Waals surface area contributed by atoms with Crippen LogP contribution in [-0.2, 0) is 20.9 Å². The molecule has 26 heavy (non-hydrogen) atoms. The molecule has 3 heterocycles. The number of carbonyl (C=O) groups excluding carboxylic acids is 1. The van der Waals surface area contributed by atoms with Gasteiger partial charge < -0.3 is 25.0 Å². The van der Waals surface area contributed by atoms with E-state index in [1.54, 1.807) is 6.92 Å². The number of aliphatic hydroxyl groups is 1. The maximum atomic E-state index is 12.3. The number of rotatable bonds is 7. The first-order valence-electron chi connectivity index (χ1n) is 8.43. The molecule has 3 aliphatic rings. The zero-order valence-electron chi connectivity index (χ0n) is 14.4. The molecule has 1 unspecified atom stereocenters. The normalized spacial score (nSPS) is 36.1. The minimum absolute atomic E-state index is 0.0140. The summed E-state index contributed by atoms with van der Waals surface area (Å²) in [6.07, 6.45) is -0.127. The number of fused-ring (bicyclic) bond motifs is 1. The minimum Gasteiger partial charge on any atom is -0.760 e. The second-order valence-electron chi connectivity index (χ2n) is 6.94. The molecule has 0 aromatic heterocycles. The Morgan fingerprint density at radius 1 is 1.58 bits per heavy atom. The monoisotopic (exact) mass is 404 g/mol. The Bertz CT molecular complexity index is 670. The molecular formula is C15H22N3O6S2-. The quantitative estimate of drug-likeness (QED) is 0.312. The number of carboxylic acids is 1. The Kier molecular flexibility index (Phi) is 5.75. The third-order valence-electron chi connectivity index (χ3n) is 5.23. The lowest BCUT2D eigenvalue weighted by molar-refractivity contribution is -0.163. The lowest BCUT2D eigenvalue weighted by atomic mass is 9.79. The zero-order chi connectivity index (χ0) is 19.2. The number of carboxylic acid groups (broad SMARTS) is 1. The number of amides is 1. The highest BCUT2D eigenvalue weighted by Crippen LogP contribution is 2.51. The summed E-state index contributed by atoms with van der Waals surface area (Å²) in [5.74, 6) is -2.20. The van der Waals surface area contributed by atoms with Crippen LogP contribution in [0.25, 0.3) is 0 Å². The molecule has 0 aromatic carbocycles. The number of nitrogens with one attached hydrogen (secondary N) is 2. The molecule has 0 radical (unpaired) electrons. The van der Waals surface area contributed by atoms with E-state index < -0.39 is 29.3 Å². The highest BCUT2D eigenvalue weighted by molar-refractivity contribution is 8.03. The highest BCUT2D eigenvalue weighted by atomic mass is 32.2. The number of aliphatic carboxylic acids is 1. The van der Waals surface area contributed by atoms with Crippen LogP contribution < -0.4 is 10.0 Å². The van der Waals surface area contributed by atoms with Crippen LogP contribution in [0.1, 0.15) is 20.3 Å². The predicted octanol–water partition coefficient (Wildman–Crippen LogP) is -1.01. The molecule has 0 bridgehead atoms. The van der Waals surface area contributed by atoms with Crippen LogP contribution >= 0.6 is 11.8 Å². The summed E-state index contributed by atoms with van der Waals surface area (Å²) in [6, 6.07) is -0.328. The summed E-state index contributed by atoms with van der Waals surface area (Å²) in [5, 5.41) is 22.8. The van der Waals surface area contributed by atoms with E-state index >= 15 is 0 Å². The summed E-state index contributed by atoms with van der Waals surface area (Å²) in [7, 11) is 0. The lowest BCUT2D eigenvalue weighted by Crippen LogP contribution is -2.63. The molecule has 1 amide bonds. The fourth-order valence-corrected chi connectivity index (χ4v) is 5.91. The van der Waals surface area contributed by atoms with E-state index in [0.717, 1.165) is 0 Å². The third-order valence-corrected chi connectivity index (χ3v) is 7.15. The van der Waals surface area contributed by atoms with Crippen LogP contribution in [0.15, 0.2) is 10.6 Å². The summed E-state index contributed by atoms with van der Waals surface area (Å²) in [6.45, 7) is 4.35. The molecule has 0 saturated carbocycles. The van der Waals surface area contributed by atoms with E-state index in [4.69, 9.17) is 0 Å². The van der Waals surface area contributed by atoms with Crippen molar-refractivity contribution in [3.05, 3.63) is 10.6 Å². The SMILES string of the molecule is C[C@@H](O)[C@H]1C(=O)N2C(C(=O)O)=C(S[C@@H]3CN[C@H](CNS(=O)[O-])C3)[C@H](C)[C@H]12. The molecule has 7 atom stereocenters. The number of hydrogen-bond donors (Lipinski definition) is 4. The van der Waals surface area contributed by atoms with E-state index in [9.17, 15) is 28.6 Å². The molecule has 0 aromatic rings. The Balaban J connectivity index is 1.72. The number of β-lactam (4-membered cyclic amide) rings is 1. The van der Waals surface area contributed by atoms with Crippen LogP contribution in [0.5, 0.6) is 0 Å². The van der Waals surface area contributed by atoms with Gasteiger partial charge in [-0.2, -0.15) is 0 Å². The van der Waals surface area contributed by atoms with Gasteiger partial charge in [-0.05, 0) is 13.3 Å². The molecule has 4 N–H and O–H groups in total. The van der Waals surface area contributed by atoms with Crippen molar-refractivity contribution >= 4 is 34.9 Å². The first kappa shape index (κ1) is 19.8. The number of carbonyl (C=O) groups is 2. The van der Waals surface area contributed by atoms with Gasteiger partial charge in [0.15, 0.2) is 0 Å². The molecule has 9 nitrogen and oxygen atoms in total. The fraction of sp³-hybridized carbons (Fsp3) is 0.733. The molecule has 0 spiro atoms. The fourth-order valence-electron chi connectivity index (χ4n) is 4.05. The Labute approximate surface area is 158 Å². The lowest BCUT2D eigenvalue weighted by Gasteiger charge is -2.46. The maximum Gasteiger partial charge on any atom is 0.353 e. The summed E-state index contributed by atoms with van der Waals surface area (Å²) in [4.78, 5) is 26.0. The van der Waals surface area contributed by atoms with Crippen molar-refractivity contribution in [2.24, 2.45) is 11.8 Å². The van der Waals surface area contributed by atoms with Crippen LogP contribution in [0.4, 0.5) is 0 Å². The molecule has 3 aliphatic heterocycles. The van der Waals surface area contributed by atoms with E-state index in [1.165, 1.54) is 16.7 Å². The third kappa shape index (κ3) is 3.43. The van der Waals surface area contributed by atoms with Gasteiger partial charge in [-0.3, -0.25) is 9.00 Å². The number of hydrogen-bond acceptors (Lipinski definition) is 7. The van der Waals surface area contributed by atoms with Gasteiger partial charge >= 0.3 is 5.97 Å². The van der Waals surface area contributed by atoms with Crippen molar-refractivity contribution < 1.29 is 28.6 Å². The first-order chi connectivity index (χ1) is 12.2. The Morgan fingerprint density at radius 2 is 2.27 bits per heavy atom. The molecular weight excluding hydrogens is 382 g/mol. The van der Waals surface area contributed by atoms with Crippen LogP contribution in [0.2, 0.25) is 0 Å². The average molecular weight is 404 g/mol. The number of nitrogens with zero attached hydrogens (tertiary/aromatic N) is 1. The number of aliphatic hydroxyl groups excluding tert-OH is 1. The Hall–Kier alpha value is -0.980. The smallest absolute Gasteiger partial charge is 0.353 e. The van der Waals surface area contributed by atoms with E-state index in [0.29, 0.717) is 17.9 Å². The van der Waals surface area contributed by atoms with Gasteiger partial charge in [-0.15, -0.1) is 11.8 Å². The number of thioether (sulfide) groups is 1. The van der Waals surface area contributed by atoms with Crippen molar-refractivity contribution in [1.82, 2.24) is 14.9 Å². The van der Waals surface area contributed by atoms with Gasteiger partial charge in [-0.25, -0.2) is 9.52 Å². The maximum absolute atomic E-state index is 12.3. The first-order valence-corrected chi connectivity index (χ1v) is 10.4. The van der Waals surface area contributed by atoms with Crippen LogP contribution in [-0.4, -0.2) is 72.3 Å². The standard InChI is InChI=1S/C15H23N3O6S2/c1-6-11-10(7(2)19)14(20)18(11)12(15(21)22)13(6)25-9-3-8(16-5-9)4-17-26(23)24/h6-11,16-17,19H,3-5H2,1-2H3,(H,21,22)(H,23,24)/p-1/t6-,7-,8+,9+,10-,11-/m1/s1. The molecule has 2 fully saturated rings. The Morgan fingerprint density at radius 3 is 2.85 bits per heavy atom. The van der Waals surface area contributed by atoms with Crippen molar-refractivity contribution in [3.8, 4) is 0 Å². The van der Waals surface area contributed by atoms with Crippen molar-refractivity contribution in [1.29, 1.82) is 0 Å². The van der Waals surface area contributed by atoms with Gasteiger partial charge in [-0.1, -0.05) is 6.92 Å². The second kappa shape index (κ2) is 7.56. The van der Waals surface area contributed by atoms with Crippen molar-refractivity contribution in [3.63, 3.8) is 0 Å². The molecule has 3 rings (SSSR count). The minimum atomic E-state index is -2.31. The van der Waals surface area contributed by atoms with Gasteiger partial charge in [0.05, 0.1) is 18.1 Å². The second-order valence-corrected chi connectivity index (χ2v) is 9.04. The van der Waals surface area contributed by atoms with Crippen LogP contribution in [0.3, 0.4) is 0 Å². The van der Waals surface area contributed by atoms with Crippen LogP contribution in [0, 0.1) is 11.8 Å². The van der Waals surface area contributed by atoms with Gasteiger partial charge in [0.2, 0.25) is 5.91 Å². The van der Waals surface area contributed by atoms with E-state index in [2.05, 4.69) is 10.0 Å². The molecule has 0 aliphatic carbocycles. The molecule has 11 heteroatoms.